The fourth-order valence-electron chi connectivity index (χ4n) is 2.70. The van der Waals surface area contributed by atoms with E-state index in [-0.39, 0.29) is 0 Å². The summed E-state index contributed by atoms with van der Waals surface area (Å²) in [4.78, 5) is 4.21. The Morgan fingerprint density at radius 3 is 3.07 bits per heavy atom. The van der Waals surface area contributed by atoms with E-state index in [4.69, 9.17) is 0 Å². The highest BCUT2D eigenvalue weighted by Crippen LogP contribution is 2.37. The molecule has 2 aliphatic rings. The van der Waals surface area contributed by atoms with Crippen molar-refractivity contribution in [3.05, 3.63) is 21.9 Å². The predicted molar refractivity (Wildman–Crippen MR) is 64.4 cm³/mol. The standard InChI is InChI=1S/C12H18N2S/c1-14(9-7-13-8-9)11-3-2-4-12-10(11)5-6-15-12/h5-6,9,11,13H,2-4,7-8H2,1H3. The highest BCUT2D eigenvalue weighted by atomic mass is 32.1. The molecule has 2 heterocycles. The van der Waals surface area contributed by atoms with Gasteiger partial charge in [-0.05, 0) is 43.3 Å². The topological polar surface area (TPSA) is 15.3 Å². The SMILES string of the molecule is CN(C1CNC1)C1CCCc2sccc21. The quantitative estimate of drug-likeness (QED) is 0.823. The molecule has 82 valence electrons. The van der Waals surface area contributed by atoms with E-state index in [1.807, 2.05) is 11.3 Å². The van der Waals surface area contributed by atoms with Crippen LogP contribution in [0.25, 0.3) is 0 Å². The lowest BCUT2D eigenvalue weighted by atomic mass is 9.91. The van der Waals surface area contributed by atoms with Gasteiger partial charge in [-0.2, -0.15) is 0 Å². The third-order valence-electron chi connectivity index (χ3n) is 3.85. The minimum Gasteiger partial charge on any atom is -0.314 e. The molecule has 1 aliphatic heterocycles. The van der Waals surface area contributed by atoms with Gasteiger partial charge >= 0.3 is 0 Å². The first-order valence-corrected chi connectivity index (χ1v) is 6.73. The summed E-state index contributed by atoms with van der Waals surface area (Å²) in [6.45, 7) is 2.35. The van der Waals surface area contributed by atoms with Crippen LogP contribution >= 0.6 is 11.3 Å². The second-order valence-corrected chi connectivity index (χ2v) is 5.69. The number of aryl methyl sites for hydroxylation is 1. The molecular weight excluding hydrogens is 204 g/mol. The van der Waals surface area contributed by atoms with E-state index in [0.29, 0.717) is 6.04 Å². The molecule has 0 amide bonds. The Morgan fingerprint density at radius 1 is 1.47 bits per heavy atom. The van der Waals surface area contributed by atoms with Gasteiger partial charge in [0.25, 0.3) is 0 Å². The Balaban J connectivity index is 1.82. The van der Waals surface area contributed by atoms with Crippen LogP contribution in [0.5, 0.6) is 0 Å². The third kappa shape index (κ3) is 1.63. The molecule has 1 atom stereocenters. The smallest absolute Gasteiger partial charge is 0.0360 e. The molecule has 0 saturated carbocycles. The zero-order valence-electron chi connectivity index (χ0n) is 9.20. The van der Waals surface area contributed by atoms with Gasteiger partial charge in [0.15, 0.2) is 0 Å². The van der Waals surface area contributed by atoms with Crippen molar-refractivity contribution in [2.75, 3.05) is 20.1 Å². The highest BCUT2D eigenvalue weighted by Gasteiger charge is 2.31. The van der Waals surface area contributed by atoms with Gasteiger partial charge < -0.3 is 5.32 Å². The van der Waals surface area contributed by atoms with Crippen LogP contribution in [-0.4, -0.2) is 31.1 Å². The number of nitrogens with one attached hydrogen (secondary N) is 1. The number of fused-ring (bicyclic) bond motifs is 1. The van der Waals surface area contributed by atoms with Gasteiger partial charge in [-0.25, -0.2) is 0 Å². The largest absolute Gasteiger partial charge is 0.314 e. The van der Waals surface area contributed by atoms with Crippen molar-refractivity contribution in [1.82, 2.24) is 10.2 Å². The zero-order valence-corrected chi connectivity index (χ0v) is 10.0. The summed E-state index contributed by atoms with van der Waals surface area (Å²) < 4.78 is 0. The summed E-state index contributed by atoms with van der Waals surface area (Å²) in [6.07, 6.45) is 4.01. The van der Waals surface area contributed by atoms with Crippen LogP contribution in [0.15, 0.2) is 11.4 Å². The van der Waals surface area contributed by atoms with Crippen LogP contribution in [0, 0.1) is 0 Å². The minimum atomic E-state index is 0.687. The van der Waals surface area contributed by atoms with Gasteiger partial charge in [-0.3, -0.25) is 4.90 Å². The number of likely N-dealkylation sites (N-methyl/N-ethyl adjacent to an activating group) is 1. The van der Waals surface area contributed by atoms with Crippen molar-refractivity contribution < 1.29 is 0 Å². The first-order valence-electron chi connectivity index (χ1n) is 5.85. The van der Waals surface area contributed by atoms with Crippen LogP contribution < -0.4 is 5.32 Å². The van der Waals surface area contributed by atoms with Crippen molar-refractivity contribution in [3.8, 4) is 0 Å². The number of rotatable bonds is 2. The van der Waals surface area contributed by atoms with E-state index in [9.17, 15) is 0 Å². The molecule has 3 rings (SSSR count). The number of hydrogen-bond acceptors (Lipinski definition) is 3. The molecule has 3 heteroatoms. The van der Waals surface area contributed by atoms with Gasteiger partial charge in [0.2, 0.25) is 0 Å². The monoisotopic (exact) mass is 222 g/mol. The lowest BCUT2D eigenvalue weighted by Gasteiger charge is -2.42. The van der Waals surface area contributed by atoms with Crippen molar-refractivity contribution in [2.45, 2.75) is 31.3 Å². The lowest BCUT2D eigenvalue weighted by molar-refractivity contribution is 0.116. The minimum absolute atomic E-state index is 0.687. The molecule has 1 N–H and O–H groups in total. The molecular formula is C12H18N2S. The van der Waals surface area contributed by atoms with Crippen molar-refractivity contribution in [3.63, 3.8) is 0 Å². The zero-order chi connectivity index (χ0) is 10.3. The number of thiophene rings is 1. The van der Waals surface area contributed by atoms with Gasteiger partial charge in [0.1, 0.15) is 0 Å². The van der Waals surface area contributed by atoms with Crippen LogP contribution in [0.1, 0.15) is 29.3 Å². The maximum atomic E-state index is 3.36. The van der Waals surface area contributed by atoms with Gasteiger partial charge in [0, 0.05) is 30.1 Å². The maximum absolute atomic E-state index is 3.36. The Morgan fingerprint density at radius 2 is 2.33 bits per heavy atom. The van der Waals surface area contributed by atoms with Crippen molar-refractivity contribution >= 4 is 11.3 Å². The van der Waals surface area contributed by atoms with Crippen molar-refractivity contribution in [1.29, 1.82) is 0 Å². The highest BCUT2D eigenvalue weighted by molar-refractivity contribution is 7.10. The average Bonchev–Trinajstić information content (AvgIpc) is 2.61. The molecule has 1 aromatic rings. The maximum Gasteiger partial charge on any atom is 0.0360 e. The normalized spacial score (nSPS) is 26.4. The lowest BCUT2D eigenvalue weighted by Crippen LogP contribution is -2.56. The summed E-state index contributed by atoms with van der Waals surface area (Å²) >= 11 is 1.94. The molecule has 2 nitrogen and oxygen atoms in total. The average molecular weight is 222 g/mol. The van der Waals surface area contributed by atoms with Gasteiger partial charge in [-0.15, -0.1) is 11.3 Å². The van der Waals surface area contributed by atoms with E-state index in [1.165, 1.54) is 32.4 Å². The fraction of sp³-hybridized carbons (Fsp3) is 0.667. The van der Waals surface area contributed by atoms with E-state index in [2.05, 4.69) is 28.7 Å². The molecule has 1 unspecified atom stereocenters. The Hall–Kier alpha value is -0.380. The summed E-state index contributed by atoms with van der Waals surface area (Å²) in [5, 5.41) is 5.62. The summed E-state index contributed by atoms with van der Waals surface area (Å²) in [7, 11) is 2.29. The number of hydrogen-bond donors (Lipinski definition) is 1. The van der Waals surface area contributed by atoms with Crippen LogP contribution in [0.4, 0.5) is 0 Å². The van der Waals surface area contributed by atoms with E-state index in [0.717, 1.165) is 6.04 Å². The van der Waals surface area contributed by atoms with E-state index in [1.54, 1.807) is 10.4 Å². The van der Waals surface area contributed by atoms with Gasteiger partial charge in [-0.1, -0.05) is 0 Å². The van der Waals surface area contributed by atoms with Gasteiger partial charge in [0.05, 0.1) is 0 Å². The molecule has 1 fully saturated rings. The summed E-state index contributed by atoms with van der Waals surface area (Å²) in [5.74, 6) is 0. The molecule has 1 aromatic heterocycles. The van der Waals surface area contributed by atoms with E-state index < -0.39 is 0 Å². The fourth-order valence-corrected chi connectivity index (χ4v) is 3.68. The molecule has 1 saturated heterocycles. The van der Waals surface area contributed by atoms with E-state index >= 15 is 0 Å². The number of nitrogens with zero attached hydrogens (tertiary/aromatic N) is 1. The molecule has 0 spiro atoms. The second kappa shape index (κ2) is 3.89. The predicted octanol–water partition coefficient (Wildman–Crippen LogP) is 2.03. The molecule has 0 bridgehead atoms. The van der Waals surface area contributed by atoms with Crippen LogP contribution in [0.2, 0.25) is 0 Å². The first kappa shape index (κ1) is 9.82. The molecule has 0 aromatic carbocycles. The Bertz CT molecular complexity index is 343. The Kier molecular flexibility index (Phi) is 2.54. The molecule has 0 radical (unpaired) electrons. The molecule has 1 aliphatic carbocycles. The molecule has 15 heavy (non-hydrogen) atoms. The van der Waals surface area contributed by atoms with Crippen molar-refractivity contribution in [2.24, 2.45) is 0 Å². The second-order valence-electron chi connectivity index (χ2n) is 4.68. The van der Waals surface area contributed by atoms with Crippen LogP contribution in [0.3, 0.4) is 0 Å². The summed E-state index contributed by atoms with van der Waals surface area (Å²) in [5.41, 5.74) is 1.61. The first-order chi connectivity index (χ1) is 7.36. The summed E-state index contributed by atoms with van der Waals surface area (Å²) in [6, 6.07) is 3.79. The Labute approximate surface area is 95.3 Å². The third-order valence-corrected chi connectivity index (χ3v) is 4.84. The van der Waals surface area contributed by atoms with Crippen LogP contribution in [-0.2, 0) is 6.42 Å².